The second-order valence-electron chi connectivity index (χ2n) is 5.55. The number of rotatable bonds is 5. The number of nitrogens with zero attached hydrogens (tertiary/aromatic N) is 1. The number of furan rings is 1. The minimum absolute atomic E-state index is 0.0436. The maximum atomic E-state index is 12.8. The fraction of sp³-hybridized carbons (Fsp3) is 0.294. The van der Waals surface area contributed by atoms with Crippen LogP contribution in [0.2, 0.25) is 0 Å². The topological polar surface area (TPSA) is 92.6 Å². The number of primary amides is 1. The molecule has 1 aromatic carbocycles. The lowest BCUT2D eigenvalue weighted by Gasteiger charge is -2.19. The molecule has 1 heterocycles. The zero-order valence-electron chi connectivity index (χ0n) is 14.2. The number of carbonyl (C=O) groups is 1. The third kappa shape index (κ3) is 5.01. The largest absolute Gasteiger partial charge is 0.454 e. The van der Waals surface area contributed by atoms with Crippen LogP contribution in [0.3, 0.4) is 0 Å². The number of aliphatic imine (C=N–C) groups is 1. The second kappa shape index (κ2) is 7.94. The highest BCUT2D eigenvalue weighted by Crippen LogP contribution is 2.30. The first-order valence-corrected chi connectivity index (χ1v) is 7.73. The summed E-state index contributed by atoms with van der Waals surface area (Å²) < 4.78 is 43.7. The molecule has 0 fully saturated rings. The van der Waals surface area contributed by atoms with E-state index in [9.17, 15) is 18.0 Å². The summed E-state index contributed by atoms with van der Waals surface area (Å²) in [5.41, 5.74) is 4.88. The van der Waals surface area contributed by atoms with Gasteiger partial charge in [-0.05, 0) is 36.8 Å². The number of amides is 1. The number of benzene rings is 1. The Balaban J connectivity index is 1.99. The molecule has 1 atom stereocenters. The minimum atomic E-state index is -4.40. The molecule has 1 amide bonds. The molecule has 26 heavy (non-hydrogen) atoms. The van der Waals surface area contributed by atoms with E-state index in [0.29, 0.717) is 17.3 Å². The van der Waals surface area contributed by atoms with E-state index in [1.165, 1.54) is 19.2 Å². The summed E-state index contributed by atoms with van der Waals surface area (Å²) in [5.74, 6) is 0.208. The van der Waals surface area contributed by atoms with Crippen molar-refractivity contribution < 1.29 is 22.4 Å². The first-order chi connectivity index (χ1) is 12.2. The standard InChI is InChI=1S/C17H19F3N4O2/c1-10(11-4-3-5-12(8-11)17(18,19)20)24-16(22-2)23-9-13-6-7-14(26-13)15(21)25/h3-8,10H,9H2,1-2H3,(H2,21,25)(H2,22,23,24). The Bertz CT molecular complexity index is 799. The number of nitrogens with two attached hydrogens (primary N) is 1. The molecule has 0 spiro atoms. The molecular weight excluding hydrogens is 349 g/mol. The fourth-order valence-electron chi connectivity index (χ4n) is 2.24. The third-order valence-corrected chi connectivity index (χ3v) is 3.63. The van der Waals surface area contributed by atoms with E-state index >= 15 is 0 Å². The van der Waals surface area contributed by atoms with Gasteiger partial charge in [0.05, 0.1) is 18.2 Å². The molecule has 0 radical (unpaired) electrons. The molecule has 0 bridgehead atoms. The van der Waals surface area contributed by atoms with E-state index < -0.39 is 23.7 Å². The molecule has 0 aliphatic rings. The Morgan fingerprint density at radius 1 is 1.31 bits per heavy atom. The number of hydrogen-bond acceptors (Lipinski definition) is 3. The quantitative estimate of drug-likeness (QED) is 0.559. The summed E-state index contributed by atoms with van der Waals surface area (Å²) in [6, 6.07) is 7.72. The Morgan fingerprint density at radius 2 is 2.04 bits per heavy atom. The molecule has 1 aromatic heterocycles. The first kappa shape index (κ1) is 19.4. The SMILES string of the molecule is CN=C(NCc1ccc(C(N)=O)o1)NC(C)c1cccc(C(F)(F)F)c1. The van der Waals surface area contributed by atoms with Gasteiger partial charge in [0, 0.05) is 7.05 Å². The number of guanidine groups is 1. The predicted molar refractivity (Wildman–Crippen MR) is 90.4 cm³/mol. The van der Waals surface area contributed by atoms with E-state index in [0.717, 1.165) is 12.1 Å². The summed E-state index contributed by atoms with van der Waals surface area (Å²) in [6.07, 6.45) is -4.40. The van der Waals surface area contributed by atoms with Crippen LogP contribution in [-0.4, -0.2) is 18.9 Å². The molecule has 0 aliphatic heterocycles. The molecule has 140 valence electrons. The summed E-state index contributed by atoms with van der Waals surface area (Å²) >= 11 is 0. The van der Waals surface area contributed by atoms with Crippen molar-refractivity contribution in [2.24, 2.45) is 10.7 Å². The number of nitrogens with one attached hydrogen (secondary N) is 2. The second-order valence-corrected chi connectivity index (χ2v) is 5.55. The van der Waals surface area contributed by atoms with Gasteiger partial charge in [0.1, 0.15) is 5.76 Å². The highest BCUT2D eigenvalue weighted by Gasteiger charge is 2.30. The van der Waals surface area contributed by atoms with Gasteiger partial charge in [-0.25, -0.2) is 0 Å². The summed E-state index contributed by atoms with van der Waals surface area (Å²) in [6.45, 7) is 1.95. The van der Waals surface area contributed by atoms with Crippen LogP contribution in [0.15, 0.2) is 45.8 Å². The van der Waals surface area contributed by atoms with Gasteiger partial charge in [-0.3, -0.25) is 9.79 Å². The number of carbonyl (C=O) groups excluding carboxylic acids is 1. The van der Waals surface area contributed by atoms with Crippen molar-refractivity contribution in [3.05, 3.63) is 59.0 Å². The van der Waals surface area contributed by atoms with Gasteiger partial charge in [-0.15, -0.1) is 0 Å². The molecule has 0 saturated heterocycles. The molecule has 4 N–H and O–H groups in total. The maximum absolute atomic E-state index is 12.8. The lowest BCUT2D eigenvalue weighted by Crippen LogP contribution is -2.38. The first-order valence-electron chi connectivity index (χ1n) is 7.73. The van der Waals surface area contributed by atoms with Crippen LogP contribution < -0.4 is 16.4 Å². The van der Waals surface area contributed by atoms with Crippen LogP contribution in [0, 0.1) is 0 Å². The highest BCUT2D eigenvalue weighted by atomic mass is 19.4. The number of hydrogen-bond donors (Lipinski definition) is 3. The van der Waals surface area contributed by atoms with Crippen molar-refractivity contribution >= 4 is 11.9 Å². The van der Waals surface area contributed by atoms with Crippen molar-refractivity contribution in [2.75, 3.05) is 7.05 Å². The van der Waals surface area contributed by atoms with Crippen molar-refractivity contribution in [3.63, 3.8) is 0 Å². The van der Waals surface area contributed by atoms with Gasteiger partial charge in [0.15, 0.2) is 11.7 Å². The zero-order valence-corrected chi connectivity index (χ0v) is 14.2. The number of halogens is 3. The van der Waals surface area contributed by atoms with Gasteiger partial charge in [0.2, 0.25) is 0 Å². The number of alkyl halides is 3. The monoisotopic (exact) mass is 368 g/mol. The Kier molecular flexibility index (Phi) is 5.91. The molecule has 2 aromatic rings. The Hall–Kier alpha value is -2.97. The summed E-state index contributed by atoms with van der Waals surface area (Å²) in [7, 11) is 1.53. The molecule has 9 heteroatoms. The van der Waals surface area contributed by atoms with Crippen molar-refractivity contribution in [1.29, 1.82) is 0 Å². The molecule has 6 nitrogen and oxygen atoms in total. The van der Waals surface area contributed by atoms with E-state index in [1.807, 2.05) is 0 Å². The van der Waals surface area contributed by atoms with Crippen LogP contribution in [0.5, 0.6) is 0 Å². The Labute approximate surface area is 148 Å². The van der Waals surface area contributed by atoms with Crippen molar-refractivity contribution in [3.8, 4) is 0 Å². The Morgan fingerprint density at radius 3 is 2.62 bits per heavy atom. The van der Waals surface area contributed by atoms with Crippen LogP contribution in [0.1, 0.15) is 40.4 Å². The molecule has 0 saturated carbocycles. The van der Waals surface area contributed by atoms with Crippen molar-refractivity contribution in [1.82, 2.24) is 10.6 Å². The van der Waals surface area contributed by atoms with E-state index in [-0.39, 0.29) is 12.3 Å². The van der Waals surface area contributed by atoms with Crippen LogP contribution in [0.25, 0.3) is 0 Å². The summed E-state index contributed by atoms with van der Waals surface area (Å²) in [5, 5.41) is 5.95. The molecule has 0 aliphatic carbocycles. The average molecular weight is 368 g/mol. The van der Waals surface area contributed by atoms with Gasteiger partial charge in [-0.1, -0.05) is 12.1 Å². The van der Waals surface area contributed by atoms with E-state index in [2.05, 4.69) is 15.6 Å². The lowest BCUT2D eigenvalue weighted by molar-refractivity contribution is -0.137. The normalized spacial score (nSPS) is 13.3. The van der Waals surface area contributed by atoms with Crippen LogP contribution in [-0.2, 0) is 12.7 Å². The van der Waals surface area contributed by atoms with Crippen LogP contribution >= 0.6 is 0 Å². The van der Waals surface area contributed by atoms with Crippen molar-refractivity contribution in [2.45, 2.75) is 25.7 Å². The highest BCUT2D eigenvalue weighted by molar-refractivity contribution is 5.89. The average Bonchev–Trinajstić information content (AvgIpc) is 3.07. The van der Waals surface area contributed by atoms with Gasteiger partial charge >= 0.3 is 6.18 Å². The van der Waals surface area contributed by atoms with Gasteiger partial charge in [0.25, 0.3) is 5.91 Å². The smallest absolute Gasteiger partial charge is 0.416 e. The predicted octanol–water partition coefficient (Wildman–Crippen LogP) is 2.82. The minimum Gasteiger partial charge on any atom is -0.454 e. The fourth-order valence-corrected chi connectivity index (χ4v) is 2.24. The van der Waals surface area contributed by atoms with E-state index in [1.54, 1.807) is 19.1 Å². The molecule has 1 unspecified atom stereocenters. The maximum Gasteiger partial charge on any atom is 0.416 e. The van der Waals surface area contributed by atoms with E-state index in [4.69, 9.17) is 10.2 Å². The summed E-state index contributed by atoms with van der Waals surface area (Å²) in [4.78, 5) is 15.0. The van der Waals surface area contributed by atoms with Gasteiger partial charge < -0.3 is 20.8 Å². The van der Waals surface area contributed by atoms with Crippen LogP contribution in [0.4, 0.5) is 13.2 Å². The molecular formula is C17H19F3N4O2. The van der Waals surface area contributed by atoms with Gasteiger partial charge in [-0.2, -0.15) is 13.2 Å². The third-order valence-electron chi connectivity index (χ3n) is 3.63. The molecule has 2 rings (SSSR count). The zero-order chi connectivity index (χ0) is 19.3. The lowest BCUT2D eigenvalue weighted by atomic mass is 10.1.